The van der Waals surface area contributed by atoms with Crippen LogP contribution in [0, 0.1) is 58.2 Å². The Bertz CT molecular complexity index is 966. The van der Waals surface area contributed by atoms with E-state index in [1.54, 1.807) is 5.57 Å². The molecule has 4 rings (SSSR count). The van der Waals surface area contributed by atoms with Crippen molar-refractivity contribution in [2.75, 3.05) is 19.8 Å². The summed E-state index contributed by atoms with van der Waals surface area (Å²) in [5.74, 6) is 5.34. The second-order valence-electron chi connectivity index (χ2n) is 15.4. The van der Waals surface area contributed by atoms with Crippen LogP contribution in [0.3, 0.4) is 0 Å². The number of ether oxygens (including phenoxy) is 2. The normalized spacial score (nSPS) is 36.5. The minimum absolute atomic E-state index is 0.158. The fourth-order valence-electron chi connectivity index (χ4n) is 9.78. The number of carbonyl (C=O) groups excluding carboxylic acids is 1. The number of rotatable bonds is 14. The average molecular weight is 583 g/mol. The first-order valence-corrected chi connectivity index (χ1v) is 17.4. The third-order valence-electron chi connectivity index (χ3n) is 12.9. The molecule has 0 amide bonds. The first-order chi connectivity index (χ1) is 20.0. The van der Waals surface area contributed by atoms with Crippen molar-refractivity contribution in [1.29, 1.82) is 0 Å². The van der Waals surface area contributed by atoms with Gasteiger partial charge in [0.1, 0.15) is 0 Å². The molecule has 238 valence electrons. The lowest BCUT2D eigenvalue weighted by Crippen LogP contribution is -2.51. The summed E-state index contributed by atoms with van der Waals surface area (Å²) >= 11 is 0. The Balaban J connectivity index is 1.32. The molecule has 0 bridgehead atoms. The number of hydrogen-bond donors (Lipinski definition) is 1. The molecule has 0 spiro atoms. The summed E-state index contributed by atoms with van der Waals surface area (Å²) in [5, 5.41) is 9.49. The van der Waals surface area contributed by atoms with E-state index >= 15 is 0 Å². The Hall–Kier alpha value is -1.39. The quantitative estimate of drug-likeness (QED) is 0.126. The van der Waals surface area contributed by atoms with Crippen molar-refractivity contribution in [2.24, 2.45) is 58.2 Å². The monoisotopic (exact) mass is 582 g/mol. The van der Waals surface area contributed by atoms with Crippen LogP contribution < -0.4 is 0 Å². The van der Waals surface area contributed by atoms with Gasteiger partial charge in [-0.3, -0.25) is 0 Å². The summed E-state index contributed by atoms with van der Waals surface area (Å²) in [6.07, 6.45) is 22.0. The Morgan fingerprint density at radius 3 is 2.50 bits per heavy atom. The van der Waals surface area contributed by atoms with Crippen LogP contribution in [0.1, 0.15) is 112 Å². The summed E-state index contributed by atoms with van der Waals surface area (Å²) in [6, 6.07) is 0. The summed E-state index contributed by atoms with van der Waals surface area (Å²) < 4.78 is 11.6. The number of carbonyl (C=O) groups is 1. The standard InChI is InChI=1S/C38H62O4/c1-8-36(40)42-24-19-29(17-22-39)18-23-41-31-15-20-37(6)30(25-31)11-12-32-34-14-13-33(38(34,7)21-16-35(32)37)28(5)10-9-27(4)26(2)3/h8-11,26-29,31-35,39H,1,12-25H2,2-7H3/b10-9+/t27-,28+,29?,31-,32-,33?,34-,35-,37-,38+/m0/s1. The van der Waals surface area contributed by atoms with Crippen molar-refractivity contribution >= 4 is 5.97 Å². The molecule has 4 nitrogen and oxygen atoms in total. The SMILES string of the molecule is C=CC(=O)OCCC(CCO)CCO[C@H]1CC[C@@]2(C)C(=CC[C@@H]3[C@@H]2CC[C@]2(C)C([C@H](C)/C=C/[C@H](C)C(C)C)CC[C@@H]32)C1. The third kappa shape index (κ3) is 7.28. The summed E-state index contributed by atoms with van der Waals surface area (Å²) in [5.41, 5.74) is 2.51. The van der Waals surface area contributed by atoms with Crippen LogP contribution in [0.5, 0.6) is 0 Å². The van der Waals surface area contributed by atoms with Crippen molar-refractivity contribution in [1.82, 2.24) is 0 Å². The van der Waals surface area contributed by atoms with Gasteiger partial charge in [0.15, 0.2) is 0 Å². The Labute approximate surface area is 257 Å². The van der Waals surface area contributed by atoms with Crippen LogP contribution in [-0.2, 0) is 14.3 Å². The molecule has 4 heteroatoms. The maximum atomic E-state index is 11.4. The van der Waals surface area contributed by atoms with Gasteiger partial charge in [-0.1, -0.05) is 71.9 Å². The molecule has 0 aromatic carbocycles. The lowest BCUT2D eigenvalue weighted by Gasteiger charge is -2.58. The Kier molecular flexibility index (Phi) is 11.6. The van der Waals surface area contributed by atoms with Gasteiger partial charge in [-0.15, -0.1) is 0 Å². The van der Waals surface area contributed by atoms with Gasteiger partial charge in [-0.2, -0.15) is 0 Å². The van der Waals surface area contributed by atoms with E-state index in [1.165, 1.54) is 44.6 Å². The van der Waals surface area contributed by atoms with Gasteiger partial charge < -0.3 is 14.6 Å². The van der Waals surface area contributed by atoms with Crippen molar-refractivity contribution < 1.29 is 19.4 Å². The molecular weight excluding hydrogens is 520 g/mol. The maximum absolute atomic E-state index is 11.4. The molecular formula is C38H62O4. The highest BCUT2D eigenvalue weighted by Gasteiger charge is 2.59. The van der Waals surface area contributed by atoms with E-state index in [0.29, 0.717) is 53.8 Å². The van der Waals surface area contributed by atoms with Crippen LogP contribution >= 0.6 is 0 Å². The largest absolute Gasteiger partial charge is 0.463 e. The van der Waals surface area contributed by atoms with Crippen molar-refractivity contribution in [2.45, 2.75) is 118 Å². The first kappa shape index (κ1) is 33.5. The molecule has 1 N–H and O–H groups in total. The van der Waals surface area contributed by atoms with E-state index in [2.05, 4.69) is 66.3 Å². The van der Waals surface area contributed by atoms with Crippen LogP contribution in [0.2, 0.25) is 0 Å². The number of aliphatic hydroxyl groups excluding tert-OH is 1. The Morgan fingerprint density at radius 1 is 1.02 bits per heavy atom. The number of hydrogen-bond acceptors (Lipinski definition) is 4. The van der Waals surface area contributed by atoms with Gasteiger partial charge in [0.05, 0.1) is 12.7 Å². The second-order valence-corrected chi connectivity index (χ2v) is 15.4. The summed E-state index contributed by atoms with van der Waals surface area (Å²) in [6.45, 7) is 19.5. The predicted octanol–water partition coefficient (Wildman–Crippen LogP) is 8.94. The van der Waals surface area contributed by atoms with Gasteiger partial charge in [0, 0.05) is 19.3 Å². The van der Waals surface area contributed by atoms with Gasteiger partial charge in [0.2, 0.25) is 0 Å². The van der Waals surface area contributed by atoms with E-state index in [4.69, 9.17) is 9.47 Å². The number of esters is 1. The molecule has 42 heavy (non-hydrogen) atoms. The molecule has 3 saturated carbocycles. The zero-order valence-corrected chi connectivity index (χ0v) is 27.8. The molecule has 4 aliphatic carbocycles. The highest BCUT2D eigenvalue weighted by molar-refractivity contribution is 5.81. The summed E-state index contributed by atoms with van der Waals surface area (Å²) in [7, 11) is 0. The minimum atomic E-state index is -0.379. The van der Waals surface area contributed by atoms with Crippen LogP contribution in [-0.4, -0.2) is 37.0 Å². The molecule has 0 aliphatic heterocycles. The zero-order valence-electron chi connectivity index (χ0n) is 27.8. The Morgan fingerprint density at radius 2 is 1.79 bits per heavy atom. The molecule has 3 fully saturated rings. The van der Waals surface area contributed by atoms with Gasteiger partial charge in [-0.05, 0) is 129 Å². The van der Waals surface area contributed by atoms with E-state index < -0.39 is 0 Å². The predicted molar refractivity (Wildman–Crippen MR) is 173 cm³/mol. The van der Waals surface area contributed by atoms with E-state index in [9.17, 15) is 9.90 Å². The fraction of sp³-hybridized carbons (Fsp3) is 0.816. The lowest BCUT2D eigenvalue weighted by molar-refractivity contribution is -0.138. The highest BCUT2D eigenvalue weighted by Crippen LogP contribution is 2.67. The highest BCUT2D eigenvalue weighted by atomic mass is 16.5. The first-order valence-electron chi connectivity index (χ1n) is 17.4. The molecule has 0 radical (unpaired) electrons. The third-order valence-corrected chi connectivity index (χ3v) is 12.9. The maximum Gasteiger partial charge on any atom is 0.330 e. The number of allylic oxidation sites excluding steroid dienone is 3. The fourth-order valence-corrected chi connectivity index (χ4v) is 9.78. The molecule has 10 atom stereocenters. The molecule has 0 saturated heterocycles. The van der Waals surface area contributed by atoms with Crippen molar-refractivity contribution in [3.8, 4) is 0 Å². The summed E-state index contributed by atoms with van der Waals surface area (Å²) in [4.78, 5) is 11.4. The van der Waals surface area contributed by atoms with Crippen molar-refractivity contribution in [3.05, 3.63) is 36.5 Å². The molecule has 0 aromatic rings. The minimum Gasteiger partial charge on any atom is -0.463 e. The van der Waals surface area contributed by atoms with Crippen molar-refractivity contribution in [3.63, 3.8) is 0 Å². The molecule has 4 aliphatic rings. The van der Waals surface area contributed by atoms with Crippen LogP contribution in [0.25, 0.3) is 0 Å². The molecule has 0 heterocycles. The van der Waals surface area contributed by atoms with E-state index in [1.807, 2.05) is 0 Å². The topological polar surface area (TPSA) is 55.8 Å². The zero-order chi connectivity index (χ0) is 30.5. The second kappa shape index (κ2) is 14.6. The average Bonchev–Trinajstić information content (AvgIpc) is 3.32. The molecule has 0 aromatic heterocycles. The van der Waals surface area contributed by atoms with E-state index in [-0.39, 0.29) is 12.6 Å². The van der Waals surface area contributed by atoms with Gasteiger partial charge in [0.25, 0.3) is 0 Å². The van der Waals surface area contributed by atoms with Gasteiger partial charge >= 0.3 is 5.97 Å². The lowest BCUT2D eigenvalue weighted by atomic mass is 9.47. The molecule has 2 unspecified atom stereocenters. The van der Waals surface area contributed by atoms with E-state index in [0.717, 1.165) is 55.8 Å². The van der Waals surface area contributed by atoms with Crippen LogP contribution in [0.4, 0.5) is 0 Å². The van der Waals surface area contributed by atoms with Crippen LogP contribution in [0.15, 0.2) is 36.5 Å². The number of fused-ring (bicyclic) bond motifs is 5. The smallest absolute Gasteiger partial charge is 0.330 e. The van der Waals surface area contributed by atoms with Gasteiger partial charge in [-0.25, -0.2) is 4.79 Å². The number of aliphatic hydroxyl groups is 1.